The number of benzene rings is 2. The van der Waals surface area contributed by atoms with Crippen molar-refractivity contribution in [3.8, 4) is 0 Å². The van der Waals surface area contributed by atoms with E-state index < -0.39 is 0 Å². The number of nitrogens with zero attached hydrogens (tertiary/aromatic N) is 1. The molecule has 3 nitrogen and oxygen atoms in total. The Bertz CT molecular complexity index is 628. The average molecular weight is 310 g/mol. The quantitative estimate of drug-likeness (QED) is 0.880. The van der Waals surface area contributed by atoms with Crippen LogP contribution < -0.4 is 5.32 Å². The first kappa shape index (κ1) is 17.2. The molecule has 23 heavy (non-hydrogen) atoms. The van der Waals surface area contributed by atoms with E-state index in [4.69, 9.17) is 0 Å². The molecule has 0 saturated carbocycles. The molecule has 2 aromatic rings. The van der Waals surface area contributed by atoms with Crippen LogP contribution in [0.4, 0.5) is 0 Å². The summed E-state index contributed by atoms with van der Waals surface area (Å²) in [6, 6.07) is 16.2. The first-order chi connectivity index (χ1) is 11.0. The van der Waals surface area contributed by atoms with Crippen LogP contribution in [-0.2, 0) is 13.1 Å². The fraction of sp³-hybridized carbons (Fsp3) is 0.350. The summed E-state index contributed by atoms with van der Waals surface area (Å²) in [4.78, 5) is 14.3. The minimum Gasteiger partial charge on any atom is -0.348 e. The Kier molecular flexibility index (Phi) is 5.94. The van der Waals surface area contributed by atoms with Crippen molar-refractivity contribution in [3.63, 3.8) is 0 Å². The van der Waals surface area contributed by atoms with Crippen molar-refractivity contribution in [1.29, 1.82) is 0 Å². The van der Waals surface area contributed by atoms with Crippen LogP contribution >= 0.6 is 0 Å². The summed E-state index contributed by atoms with van der Waals surface area (Å²) in [5.41, 5.74) is 4.34. The Hall–Kier alpha value is -2.13. The maximum absolute atomic E-state index is 12.2. The van der Waals surface area contributed by atoms with Crippen LogP contribution in [0.25, 0.3) is 0 Å². The number of amides is 1. The van der Waals surface area contributed by atoms with Gasteiger partial charge in [-0.25, -0.2) is 0 Å². The van der Waals surface area contributed by atoms with Gasteiger partial charge in [-0.3, -0.25) is 4.79 Å². The second kappa shape index (κ2) is 7.93. The minimum absolute atomic E-state index is 0.0299. The van der Waals surface area contributed by atoms with Crippen LogP contribution in [0.2, 0.25) is 0 Å². The van der Waals surface area contributed by atoms with Crippen molar-refractivity contribution in [2.24, 2.45) is 0 Å². The molecule has 2 rings (SSSR count). The summed E-state index contributed by atoms with van der Waals surface area (Å²) in [5, 5.41) is 2.97. The largest absolute Gasteiger partial charge is 0.348 e. The molecule has 122 valence electrons. The molecule has 0 atom stereocenters. The van der Waals surface area contributed by atoms with E-state index in [0.717, 1.165) is 12.1 Å². The van der Waals surface area contributed by atoms with Gasteiger partial charge in [-0.15, -0.1) is 0 Å². The van der Waals surface area contributed by atoms with Crippen LogP contribution in [0.5, 0.6) is 0 Å². The van der Waals surface area contributed by atoms with Crippen molar-refractivity contribution >= 4 is 5.91 Å². The lowest BCUT2D eigenvalue weighted by atomic mass is 10.0. The van der Waals surface area contributed by atoms with Gasteiger partial charge in [0.05, 0.1) is 0 Å². The molecule has 0 saturated heterocycles. The second-order valence-electron chi connectivity index (χ2n) is 6.51. The molecule has 0 aliphatic carbocycles. The Morgan fingerprint density at radius 3 is 2.04 bits per heavy atom. The van der Waals surface area contributed by atoms with Gasteiger partial charge in [0.25, 0.3) is 5.91 Å². The van der Waals surface area contributed by atoms with Crippen LogP contribution in [0.1, 0.15) is 46.8 Å². The molecule has 0 aromatic heterocycles. The molecule has 0 radical (unpaired) electrons. The number of carbonyl (C=O) groups is 1. The molecule has 0 aliphatic heterocycles. The highest BCUT2D eigenvalue weighted by Crippen LogP contribution is 2.14. The summed E-state index contributed by atoms with van der Waals surface area (Å²) in [6.07, 6.45) is 0. The van der Waals surface area contributed by atoms with Gasteiger partial charge >= 0.3 is 0 Å². The fourth-order valence-electron chi connectivity index (χ4n) is 2.43. The Morgan fingerprint density at radius 2 is 1.52 bits per heavy atom. The van der Waals surface area contributed by atoms with Crippen molar-refractivity contribution in [3.05, 3.63) is 70.8 Å². The molecule has 0 spiro atoms. The van der Waals surface area contributed by atoms with Crippen molar-refractivity contribution in [1.82, 2.24) is 10.2 Å². The third-order valence-electron chi connectivity index (χ3n) is 3.81. The van der Waals surface area contributed by atoms with E-state index >= 15 is 0 Å². The van der Waals surface area contributed by atoms with Gasteiger partial charge < -0.3 is 10.2 Å². The standard InChI is InChI=1S/C20H26N2O/c1-15(2)18-9-11-19(12-10-18)20(23)21-13-16-5-7-17(8-6-16)14-22(3)4/h5-12,15H,13-14H2,1-4H3,(H,21,23). The maximum Gasteiger partial charge on any atom is 0.251 e. The smallest absolute Gasteiger partial charge is 0.251 e. The third kappa shape index (κ3) is 5.22. The van der Waals surface area contributed by atoms with Crippen LogP contribution in [0.15, 0.2) is 48.5 Å². The summed E-state index contributed by atoms with van der Waals surface area (Å²) >= 11 is 0. The van der Waals surface area contributed by atoms with Gasteiger partial charge in [0, 0.05) is 18.7 Å². The molecule has 1 N–H and O–H groups in total. The predicted octanol–water partition coefficient (Wildman–Crippen LogP) is 3.80. The number of rotatable bonds is 6. The van der Waals surface area contributed by atoms with Gasteiger partial charge in [-0.1, -0.05) is 50.2 Å². The highest BCUT2D eigenvalue weighted by atomic mass is 16.1. The predicted molar refractivity (Wildman–Crippen MR) is 95.5 cm³/mol. The van der Waals surface area contributed by atoms with Gasteiger partial charge in [-0.2, -0.15) is 0 Å². The van der Waals surface area contributed by atoms with Crippen LogP contribution in [0, 0.1) is 0 Å². The highest BCUT2D eigenvalue weighted by molar-refractivity contribution is 5.94. The molecule has 3 heteroatoms. The van der Waals surface area contributed by atoms with E-state index in [2.05, 4.69) is 62.4 Å². The molecule has 0 unspecified atom stereocenters. The molecule has 0 bridgehead atoms. The molecular weight excluding hydrogens is 284 g/mol. The number of carbonyl (C=O) groups excluding carboxylic acids is 1. The van der Waals surface area contributed by atoms with Crippen molar-refractivity contribution in [2.75, 3.05) is 14.1 Å². The van der Waals surface area contributed by atoms with E-state index in [-0.39, 0.29) is 5.91 Å². The van der Waals surface area contributed by atoms with E-state index in [1.807, 2.05) is 24.3 Å². The molecule has 0 fully saturated rings. The molecule has 0 heterocycles. The SMILES string of the molecule is CC(C)c1ccc(C(=O)NCc2ccc(CN(C)C)cc2)cc1. The van der Waals surface area contributed by atoms with Crippen molar-refractivity contribution in [2.45, 2.75) is 32.9 Å². The Balaban J connectivity index is 1.91. The normalized spacial score (nSPS) is 11.0. The third-order valence-corrected chi connectivity index (χ3v) is 3.81. The summed E-state index contributed by atoms with van der Waals surface area (Å²) < 4.78 is 0. The van der Waals surface area contributed by atoms with Gasteiger partial charge in [0.1, 0.15) is 0 Å². The van der Waals surface area contributed by atoms with Gasteiger partial charge in [0.15, 0.2) is 0 Å². The zero-order chi connectivity index (χ0) is 16.8. The Labute approximate surface area is 139 Å². The zero-order valence-corrected chi connectivity index (χ0v) is 14.5. The number of hydrogen-bond acceptors (Lipinski definition) is 2. The van der Waals surface area contributed by atoms with Gasteiger partial charge in [-0.05, 0) is 48.8 Å². The molecule has 2 aromatic carbocycles. The first-order valence-electron chi connectivity index (χ1n) is 8.06. The summed E-state index contributed by atoms with van der Waals surface area (Å²) in [7, 11) is 4.11. The Morgan fingerprint density at radius 1 is 0.957 bits per heavy atom. The first-order valence-corrected chi connectivity index (χ1v) is 8.06. The van der Waals surface area contributed by atoms with E-state index in [9.17, 15) is 4.79 Å². The second-order valence-corrected chi connectivity index (χ2v) is 6.51. The highest BCUT2D eigenvalue weighted by Gasteiger charge is 2.06. The lowest BCUT2D eigenvalue weighted by molar-refractivity contribution is 0.0951. The summed E-state index contributed by atoms with van der Waals surface area (Å²) in [5.74, 6) is 0.450. The van der Waals surface area contributed by atoms with E-state index in [0.29, 0.717) is 18.0 Å². The lowest BCUT2D eigenvalue weighted by Crippen LogP contribution is -2.22. The average Bonchev–Trinajstić information content (AvgIpc) is 2.53. The molecular formula is C20H26N2O. The van der Waals surface area contributed by atoms with Crippen LogP contribution in [-0.4, -0.2) is 24.9 Å². The fourth-order valence-corrected chi connectivity index (χ4v) is 2.43. The summed E-state index contributed by atoms with van der Waals surface area (Å²) in [6.45, 7) is 5.77. The van der Waals surface area contributed by atoms with E-state index in [1.54, 1.807) is 0 Å². The monoisotopic (exact) mass is 310 g/mol. The minimum atomic E-state index is -0.0299. The maximum atomic E-state index is 12.2. The topological polar surface area (TPSA) is 32.3 Å². The van der Waals surface area contributed by atoms with Crippen molar-refractivity contribution < 1.29 is 4.79 Å². The molecule has 1 amide bonds. The lowest BCUT2D eigenvalue weighted by Gasteiger charge is -2.11. The van der Waals surface area contributed by atoms with Gasteiger partial charge in [0.2, 0.25) is 0 Å². The van der Waals surface area contributed by atoms with Crippen LogP contribution in [0.3, 0.4) is 0 Å². The molecule has 0 aliphatic rings. The zero-order valence-electron chi connectivity index (χ0n) is 14.5. The number of nitrogens with one attached hydrogen (secondary N) is 1. The van der Waals surface area contributed by atoms with E-state index in [1.165, 1.54) is 11.1 Å². The number of hydrogen-bond donors (Lipinski definition) is 1.